The molecule has 3 rings (SSSR count). The smallest absolute Gasteiger partial charge is 0.331 e. The Hall–Kier alpha value is -2.35. The summed E-state index contributed by atoms with van der Waals surface area (Å²) >= 11 is 0. The molecule has 0 saturated carbocycles. The van der Waals surface area contributed by atoms with Gasteiger partial charge in [-0.25, -0.2) is 4.79 Å². The van der Waals surface area contributed by atoms with Crippen molar-refractivity contribution in [2.75, 3.05) is 0 Å². The Labute approximate surface area is 118 Å². The number of rotatable bonds is 3. The van der Waals surface area contributed by atoms with Crippen molar-refractivity contribution in [3.8, 4) is 0 Å². The summed E-state index contributed by atoms with van der Waals surface area (Å²) in [5.74, 6) is -0.178. The Bertz CT molecular complexity index is 589. The predicted molar refractivity (Wildman–Crippen MR) is 78.4 cm³/mol. The van der Waals surface area contributed by atoms with Crippen molar-refractivity contribution in [3.05, 3.63) is 83.4 Å². The van der Waals surface area contributed by atoms with Crippen LogP contribution in [0.25, 0.3) is 0 Å². The predicted octanol–water partition coefficient (Wildman–Crippen LogP) is 3.69. The van der Waals surface area contributed by atoms with E-state index in [1.54, 1.807) is 6.08 Å². The molecule has 0 amide bonds. The van der Waals surface area contributed by atoms with E-state index < -0.39 is 0 Å². The zero-order valence-electron chi connectivity index (χ0n) is 11.3. The lowest BCUT2D eigenvalue weighted by atomic mass is 9.83. The summed E-state index contributed by atoms with van der Waals surface area (Å²) in [6, 6.07) is 20.5. The van der Waals surface area contributed by atoms with Crippen LogP contribution in [0.1, 0.15) is 24.0 Å². The van der Waals surface area contributed by atoms with Crippen LogP contribution in [0.3, 0.4) is 0 Å². The number of esters is 1. The minimum atomic E-state index is -0.246. The van der Waals surface area contributed by atoms with Gasteiger partial charge in [-0.1, -0.05) is 60.7 Å². The molecule has 1 aliphatic rings. The van der Waals surface area contributed by atoms with Gasteiger partial charge in [0.05, 0.1) is 0 Å². The Morgan fingerprint density at radius 1 is 0.900 bits per heavy atom. The first-order valence-corrected chi connectivity index (χ1v) is 6.77. The van der Waals surface area contributed by atoms with Gasteiger partial charge in [0.15, 0.2) is 0 Å². The van der Waals surface area contributed by atoms with E-state index >= 15 is 0 Å². The molecule has 0 bridgehead atoms. The lowest BCUT2D eigenvalue weighted by molar-refractivity contribution is -0.138. The molecule has 1 aliphatic heterocycles. The van der Waals surface area contributed by atoms with E-state index in [4.69, 9.17) is 4.74 Å². The molecule has 100 valence electrons. The van der Waals surface area contributed by atoms with Crippen LogP contribution in [-0.4, -0.2) is 12.1 Å². The largest absolute Gasteiger partial charge is 0.455 e. The molecule has 0 radical (unpaired) electrons. The first-order valence-electron chi connectivity index (χ1n) is 6.77. The van der Waals surface area contributed by atoms with E-state index in [0.717, 1.165) is 5.57 Å². The van der Waals surface area contributed by atoms with Crippen LogP contribution in [0.5, 0.6) is 0 Å². The van der Waals surface area contributed by atoms with Gasteiger partial charge in [-0.2, -0.15) is 0 Å². The minimum Gasteiger partial charge on any atom is -0.455 e. The average Bonchev–Trinajstić information content (AvgIpc) is 2.80. The Morgan fingerprint density at radius 2 is 1.40 bits per heavy atom. The second kappa shape index (κ2) is 5.33. The van der Waals surface area contributed by atoms with E-state index in [1.165, 1.54) is 11.1 Å². The molecule has 0 aromatic heterocycles. The van der Waals surface area contributed by atoms with Crippen LogP contribution in [-0.2, 0) is 9.53 Å². The van der Waals surface area contributed by atoms with Crippen LogP contribution >= 0.6 is 0 Å². The number of ether oxygens (including phenoxy) is 1. The van der Waals surface area contributed by atoms with Crippen molar-refractivity contribution < 1.29 is 9.53 Å². The van der Waals surface area contributed by atoms with Crippen molar-refractivity contribution in [1.82, 2.24) is 0 Å². The van der Waals surface area contributed by atoms with Crippen LogP contribution in [0.15, 0.2) is 72.3 Å². The van der Waals surface area contributed by atoms with E-state index in [-0.39, 0.29) is 18.0 Å². The fourth-order valence-corrected chi connectivity index (χ4v) is 2.72. The second-order valence-electron chi connectivity index (χ2n) is 4.98. The summed E-state index contributed by atoms with van der Waals surface area (Å²) in [6.45, 7) is 1.93. The van der Waals surface area contributed by atoms with Gasteiger partial charge in [0, 0.05) is 12.0 Å². The maximum atomic E-state index is 11.5. The highest BCUT2D eigenvalue weighted by Gasteiger charge is 2.30. The number of cyclic esters (lactones) is 1. The van der Waals surface area contributed by atoms with Gasteiger partial charge < -0.3 is 4.74 Å². The van der Waals surface area contributed by atoms with Crippen molar-refractivity contribution in [3.63, 3.8) is 0 Å². The SMILES string of the molecule is CC1OC(=O)C=C1C(c1ccccc1)c1ccccc1. The molecule has 2 aromatic carbocycles. The van der Waals surface area contributed by atoms with Crippen molar-refractivity contribution in [2.45, 2.75) is 18.9 Å². The summed E-state index contributed by atoms with van der Waals surface area (Å²) < 4.78 is 5.27. The quantitative estimate of drug-likeness (QED) is 0.790. The molecule has 0 fully saturated rings. The number of carbonyl (C=O) groups excluding carboxylic acids is 1. The van der Waals surface area contributed by atoms with Gasteiger partial charge in [-0.15, -0.1) is 0 Å². The highest BCUT2D eigenvalue weighted by molar-refractivity contribution is 5.86. The van der Waals surface area contributed by atoms with E-state index in [2.05, 4.69) is 24.3 Å². The maximum Gasteiger partial charge on any atom is 0.331 e. The molecule has 2 nitrogen and oxygen atoms in total. The van der Waals surface area contributed by atoms with Crippen LogP contribution < -0.4 is 0 Å². The van der Waals surface area contributed by atoms with Crippen LogP contribution in [0, 0.1) is 0 Å². The Kier molecular flexibility index (Phi) is 3.38. The standard InChI is InChI=1S/C18H16O2/c1-13-16(12-17(19)20-13)18(14-8-4-2-5-9-14)15-10-6-3-7-11-15/h2-13,18H,1H3. The fourth-order valence-electron chi connectivity index (χ4n) is 2.72. The van der Waals surface area contributed by atoms with Crippen molar-refractivity contribution in [2.24, 2.45) is 0 Å². The fraction of sp³-hybridized carbons (Fsp3) is 0.167. The van der Waals surface area contributed by atoms with Crippen LogP contribution in [0.4, 0.5) is 0 Å². The third kappa shape index (κ3) is 2.37. The molecule has 0 saturated heterocycles. The van der Waals surface area contributed by atoms with Crippen LogP contribution in [0.2, 0.25) is 0 Å². The maximum absolute atomic E-state index is 11.5. The molecule has 2 heteroatoms. The molecule has 0 spiro atoms. The number of hydrogen-bond acceptors (Lipinski definition) is 2. The Balaban J connectivity index is 2.10. The highest BCUT2D eigenvalue weighted by atomic mass is 16.5. The monoisotopic (exact) mass is 264 g/mol. The number of carbonyl (C=O) groups is 1. The van der Waals surface area contributed by atoms with E-state index in [9.17, 15) is 4.79 Å². The molecule has 1 atom stereocenters. The van der Waals surface area contributed by atoms with E-state index in [0.29, 0.717) is 0 Å². The lowest BCUT2D eigenvalue weighted by Crippen LogP contribution is -2.13. The van der Waals surface area contributed by atoms with Gasteiger partial charge in [-0.05, 0) is 23.6 Å². The molecular weight excluding hydrogens is 248 g/mol. The summed E-state index contributed by atoms with van der Waals surface area (Å²) in [5.41, 5.74) is 3.37. The van der Waals surface area contributed by atoms with Gasteiger partial charge in [0.2, 0.25) is 0 Å². The third-order valence-electron chi connectivity index (χ3n) is 3.65. The minimum absolute atomic E-state index is 0.0684. The number of benzene rings is 2. The zero-order chi connectivity index (χ0) is 13.9. The lowest BCUT2D eigenvalue weighted by Gasteiger charge is -2.21. The summed E-state index contributed by atoms with van der Waals surface area (Å²) in [6.07, 6.45) is 1.46. The molecular formula is C18H16O2. The van der Waals surface area contributed by atoms with Gasteiger partial charge >= 0.3 is 5.97 Å². The van der Waals surface area contributed by atoms with Gasteiger partial charge in [0.25, 0.3) is 0 Å². The molecule has 0 N–H and O–H groups in total. The molecule has 1 heterocycles. The van der Waals surface area contributed by atoms with Crippen molar-refractivity contribution in [1.29, 1.82) is 0 Å². The Morgan fingerprint density at radius 3 is 1.80 bits per heavy atom. The topological polar surface area (TPSA) is 26.3 Å². The molecule has 2 aromatic rings. The summed E-state index contributed by atoms with van der Waals surface area (Å²) in [4.78, 5) is 11.5. The second-order valence-corrected chi connectivity index (χ2v) is 4.98. The molecule has 0 aliphatic carbocycles. The first-order chi connectivity index (χ1) is 9.75. The first kappa shape index (κ1) is 12.7. The zero-order valence-corrected chi connectivity index (χ0v) is 11.3. The normalized spacial score (nSPS) is 18.0. The average molecular weight is 264 g/mol. The van der Waals surface area contributed by atoms with E-state index in [1.807, 2.05) is 43.3 Å². The molecule has 1 unspecified atom stereocenters. The van der Waals surface area contributed by atoms with Gasteiger partial charge in [0.1, 0.15) is 6.10 Å². The number of hydrogen-bond donors (Lipinski definition) is 0. The molecule has 20 heavy (non-hydrogen) atoms. The van der Waals surface area contributed by atoms with Gasteiger partial charge in [-0.3, -0.25) is 0 Å². The highest BCUT2D eigenvalue weighted by Crippen LogP contribution is 2.36. The summed E-state index contributed by atoms with van der Waals surface area (Å²) in [5, 5.41) is 0. The summed E-state index contributed by atoms with van der Waals surface area (Å²) in [7, 11) is 0. The van der Waals surface area contributed by atoms with Crippen molar-refractivity contribution >= 4 is 5.97 Å². The third-order valence-corrected chi connectivity index (χ3v) is 3.65.